The Balaban J connectivity index is 1.80. The Morgan fingerprint density at radius 3 is 2.88 bits per heavy atom. The zero-order chi connectivity index (χ0) is 16.5. The van der Waals surface area contributed by atoms with Crippen molar-refractivity contribution in [3.63, 3.8) is 0 Å². The van der Waals surface area contributed by atoms with Crippen molar-refractivity contribution in [2.45, 2.75) is 25.7 Å². The van der Waals surface area contributed by atoms with Gasteiger partial charge in [0.25, 0.3) is 0 Å². The number of fused-ring (bicyclic) bond motifs is 3. The van der Waals surface area contributed by atoms with Gasteiger partial charge < -0.3 is 9.47 Å². The van der Waals surface area contributed by atoms with Crippen molar-refractivity contribution in [3.8, 4) is 17.4 Å². The van der Waals surface area contributed by atoms with Crippen molar-refractivity contribution in [3.05, 3.63) is 40.5 Å². The van der Waals surface area contributed by atoms with E-state index in [1.165, 1.54) is 29.6 Å². The molecule has 0 aliphatic heterocycles. The Morgan fingerprint density at radius 2 is 2.04 bits per heavy atom. The molecular formula is C18H16N2O3S. The Hall–Kier alpha value is -2.47. The quantitative estimate of drug-likeness (QED) is 0.667. The second-order valence-electron chi connectivity index (χ2n) is 5.70. The highest BCUT2D eigenvalue weighted by Crippen LogP contribution is 2.41. The number of aryl methyl sites for hydroxylation is 2. The molecule has 5 nitrogen and oxygen atoms in total. The molecule has 0 atom stereocenters. The molecular weight excluding hydrogens is 324 g/mol. The number of aromatic nitrogens is 2. The number of ether oxygens (including phenoxy) is 2. The number of hydrogen-bond acceptors (Lipinski definition) is 6. The number of carbonyl (C=O) groups is 1. The molecule has 24 heavy (non-hydrogen) atoms. The third-order valence-electron chi connectivity index (χ3n) is 4.25. The second kappa shape index (κ2) is 6.20. The van der Waals surface area contributed by atoms with Crippen LogP contribution in [0.5, 0.6) is 17.4 Å². The number of thiophene rings is 1. The van der Waals surface area contributed by atoms with Crippen molar-refractivity contribution in [1.82, 2.24) is 9.97 Å². The predicted octanol–water partition coefficient (Wildman–Crippen LogP) is 4.18. The first-order valence-electron chi connectivity index (χ1n) is 7.86. The maximum Gasteiger partial charge on any atom is 0.231 e. The number of rotatable bonds is 4. The van der Waals surface area contributed by atoms with Crippen molar-refractivity contribution in [1.29, 1.82) is 0 Å². The summed E-state index contributed by atoms with van der Waals surface area (Å²) < 4.78 is 11.4. The van der Waals surface area contributed by atoms with Crippen LogP contribution in [0.25, 0.3) is 10.2 Å². The molecule has 2 heterocycles. The van der Waals surface area contributed by atoms with E-state index in [0.717, 1.165) is 29.3 Å². The lowest BCUT2D eigenvalue weighted by Crippen LogP contribution is -2.00. The summed E-state index contributed by atoms with van der Waals surface area (Å²) in [6.45, 7) is 0. The van der Waals surface area contributed by atoms with Crippen molar-refractivity contribution >= 4 is 27.8 Å². The summed E-state index contributed by atoms with van der Waals surface area (Å²) in [5.41, 5.74) is 1.86. The Morgan fingerprint density at radius 1 is 1.17 bits per heavy atom. The number of aldehydes is 1. The molecule has 0 amide bonds. The van der Waals surface area contributed by atoms with Crippen molar-refractivity contribution in [2.75, 3.05) is 7.11 Å². The summed E-state index contributed by atoms with van der Waals surface area (Å²) >= 11 is 1.73. The molecule has 2 aromatic heterocycles. The molecule has 1 aliphatic rings. The number of benzene rings is 1. The summed E-state index contributed by atoms with van der Waals surface area (Å²) in [5, 5.41) is 1.01. The van der Waals surface area contributed by atoms with E-state index in [0.29, 0.717) is 22.9 Å². The van der Waals surface area contributed by atoms with Crippen molar-refractivity contribution < 1.29 is 14.3 Å². The lowest BCUT2D eigenvalue weighted by atomic mass is 9.97. The molecule has 0 bridgehead atoms. The SMILES string of the molecule is COc1cc(C=O)ccc1Oc1ncnc2sc3c(c12)CCCC3. The number of hydrogen-bond donors (Lipinski definition) is 0. The third-order valence-corrected chi connectivity index (χ3v) is 5.45. The second-order valence-corrected chi connectivity index (χ2v) is 6.78. The first-order chi connectivity index (χ1) is 11.8. The van der Waals surface area contributed by atoms with Gasteiger partial charge in [-0.15, -0.1) is 11.3 Å². The van der Waals surface area contributed by atoms with E-state index in [9.17, 15) is 4.79 Å². The normalized spacial score (nSPS) is 13.5. The van der Waals surface area contributed by atoms with Gasteiger partial charge in [-0.25, -0.2) is 9.97 Å². The van der Waals surface area contributed by atoms with Gasteiger partial charge in [-0.2, -0.15) is 0 Å². The van der Waals surface area contributed by atoms with E-state index < -0.39 is 0 Å². The highest BCUT2D eigenvalue weighted by atomic mass is 32.1. The average molecular weight is 340 g/mol. The number of methoxy groups -OCH3 is 1. The maximum atomic E-state index is 10.9. The van der Waals surface area contributed by atoms with Crippen LogP contribution in [0.15, 0.2) is 24.5 Å². The van der Waals surface area contributed by atoms with Crippen LogP contribution in [-0.4, -0.2) is 23.4 Å². The fourth-order valence-corrected chi connectivity index (χ4v) is 4.30. The van der Waals surface area contributed by atoms with Gasteiger partial charge in [0.2, 0.25) is 5.88 Å². The molecule has 6 heteroatoms. The molecule has 0 spiro atoms. The molecule has 1 aromatic carbocycles. The highest BCUT2D eigenvalue weighted by Gasteiger charge is 2.21. The molecule has 4 rings (SSSR count). The van der Waals surface area contributed by atoms with Gasteiger partial charge >= 0.3 is 0 Å². The molecule has 0 saturated carbocycles. The van der Waals surface area contributed by atoms with Crippen LogP contribution in [-0.2, 0) is 12.8 Å². The van der Waals surface area contributed by atoms with Gasteiger partial charge in [-0.05, 0) is 49.4 Å². The van der Waals surface area contributed by atoms with Crippen LogP contribution in [0.3, 0.4) is 0 Å². The molecule has 0 unspecified atom stereocenters. The summed E-state index contributed by atoms with van der Waals surface area (Å²) in [7, 11) is 1.55. The zero-order valence-electron chi connectivity index (χ0n) is 13.2. The lowest BCUT2D eigenvalue weighted by molar-refractivity contribution is 0.112. The van der Waals surface area contributed by atoms with Gasteiger partial charge in [0.15, 0.2) is 11.5 Å². The highest BCUT2D eigenvalue weighted by molar-refractivity contribution is 7.18. The minimum atomic E-state index is 0.510. The Kier molecular flexibility index (Phi) is 3.90. The molecule has 0 fully saturated rings. The van der Waals surface area contributed by atoms with E-state index in [1.807, 2.05) is 0 Å². The summed E-state index contributed by atoms with van der Waals surface area (Å²) in [5.74, 6) is 1.60. The average Bonchev–Trinajstić information content (AvgIpc) is 3.01. The summed E-state index contributed by atoms with van der Waals surface area (Å²) in [6, 6.07) is 5.09. The lowest BCUT2D eigenvalue weighted by Gasteiger charge is -2.13. The van der Waals surface area contributed by atoms with Gasteiger partial charge in [0, 0.05) is 10.4 Å². The van der Waals surface area contributed by atoms with Crippen molar-refractivity contribution in [2.24, 2.45) is 0 Å². The molecule has 3 aromatic rings. The van der Waals surface area contributed by atoms with Crippen LogP contribution in [0.4, 0.5) is 0 Å². The topological polar surface area (TPSA) is 61.3 Å². The smallest absolute Gasteiger partial charge is 0.231 e. The predicted molar refractivity (Wildman–Crippen MR) is 92.5 cm³/mol. The fourth-order valence-electron chi connectivity index (χ4n) is 3.08. The maximum absolute atomic E-state index is 10.9. The van der Waals surface area contributed by atoms with Gasteiger partial charge in [-0.3, -0.25) is 4.79 Å². The summed E-state index contributed by atoms with van der Waals surface area (Å²) in [4.78, 5) is 22.0. The minimum absolute atomic E-state index is 0.510. The Labute approximate surface area is 143 Å². The molecule has 0 saturated heterocycles. The Bertz CT molecular complexity index is 920. The monoisotopic (exact) mass is 340 g/mol. The van der Waals surface area contributed by atoms with Crippen LogP contribution in [0.2, 0.25) is 0 Å². The molecule has 0 radical (unpaired) electrons. The van der Waals surface area contributed by atoms with E-state index in [4.69, 9.17) is 9.47 Å². The van der Waals surface area contributed by atoms with Crippen LogP contribution < -0.4 is 9.47 Å². The van der Waals surface area contributed by atoms with E-state index in [-0.39, 0.29) is 0 Å². The fraction of sp³-hybridized carbons (Fsp3) is 0.278. The first-order valence-corrected chi connectivity index (χ1v) is 8.68. The minimum Gasteiger partial charge on any atom is -0.493 e. The summed E-state index contributed by atoms with van der Waals surface area (Å²) in [6.07, 6.45) is 6.87. The van der Waals surface area contributed by atoms with E-state index in [1.54, 1.807) is 36.6 Å². The van der Waals surface area contributed by atoms with Crippen LogP contribution >= 0.6 is 11.3 Å². The van der Waals surface area contributed by atoms with E-state index >= 15 is 0 Å². The first kappa shape index (κ1) is 15.1. The van der Waals surface area contributed by atoms with Gasteiger partial charge in [-0.1, -0.05) is 0 Å². The number of nitrogens with zero attached hydrogens (tertiary/aromatic N) is 2. The van der Waals surface area contributed by atoms with E-state index in [2.05, 4.69) is 9.97 Å². The third kappa shape index (κ3) is 2.53. The van der Waals surface area contributed by atoms with Crippen LogP contribution in [0.1, 0.15) is 33.6 Å². The van der Waals surface area contributed by atoms with Gasteiger partial charge in [0.05, 0.1) is 12.5 Å². The van der Waals surface area contributed by atoms with Gasteiger partial charge in [0.1, 0.15) is 17.4 Å². The molecule has 122 valence electrons. The molecule has 1 aliphatic carbocycles. The zero-order valence-corrected chi connectivity index (χ0v) is 14.1. The number of carbonyl (C=O) groups excluding carboxylic acids is 1. The standard InChI is InChI=1S/C18H16N2O3S/c1-22-14-8-11(9-21)6-7-13(14)23-17-16-12-4-2-3-5-15(12)24-18(16)20-10-19-17/h6-10H,2-5H2,1H3. The molecule has 0 N–H and O–H groups in total. The van der Waals surface area contributed by atoms with Crippen LogP contribution in [0, 0.1) is 0 Å². The largest absolute Gasteiger partial charge is 0.493 e.